The van der Waals surface area contributed by atoms with Gasteiger partial charge in [-0.05, 0) is 24.5 Å². The number of ketones is 1. The lowest BCUT2D eigenvalue weighted by Gasteiger charge is -1.94. The van der Waals surface area contributed by atoms with E-state index in [2.05, 4.69) is 4.98 Å². The zero-order valence-corrected chi connectivity index (χ0v) is 9.48. The number of hydrogen-bond donors (Lipinski definition) is 1. The summed E-state index contributed by atoms with van der Waals surface area (Å²) in [7, 11) is 0. The number of carbonyl (C=O) groups is 1. The van der Waals surface area contributed by atoms with Gasteiger partial charge in [0.1, 0.15) is 0 Å². The molecule has 2 rings (SSSR count). The summed E-state index contributed by atoms with van der Waals surface area (Å²) in [6.07, 6.45) is 3.33. The van der Waals surface area contributed by atoms with E-state index in [0.717, 1.165) is 5.03 Å². The van der Waals surface area contributed by atoms with E-state index in [0.29, 0.717) is 10.7 Å². The van der Waals surface area contributed by atoms with Crippen LogP contribution in [0.5, 0.6) is 0 Å². The maximum Gasteiger partial charge on any atom is 0.245 e. The summed E-state index contributed by atoms with van der Waals surface area (Å²) in [6, 6.07) is 5.11. The van der Waals surface area contributed by atoms with Crippen LogP contribution in [0.3, 0.4) is 0 Å². The zero-order chi connectivity index (χ0) is 10.8. The fraction of sp³-hybridized carbons (Fsp3) is 0.100. The predicted molar refractivity (Wildman–Crippen MR) is 59.7 cm³/mol. The first-order valence-corrected chi connectivity index (χ1v) is 5.83. The molecule has 0 unspecified atom stereocenters. The van der Waals surface area contributed by atoms with Gasteiger partial charge in [0.05, 0.1) is 22.0 Å². The molecule has 0 aliphatic carbocycles. The number of nitrogens with one attached hydrogen (secondary N) is 1. The van der Waals surface area contributed by atoms with Crippen molar-refractivity contribution in [2.45, 2.75) is 5.03 Å². The van der Waals surface area contributed by atoms with Gasteiger partial charge >= 0.3 is 0 Å². The van der Waals surface area contributed by atoms with E-state index in [-0.39, 0.29) is 11.5 Å². The molecule has 0 atom stereocenters. The summed E-state index contributed by atoms with van der Waals surface area (Å²) >= 11 is 7.33. The average molecular weight is 242 g/mol. The van der Waals surface area contributed by atoms with Crippen LogP contribution in [0, 0.1) is 0 Å². The van der Waals surface area contributed by atoms with E-state index < -0.39 is 0 Å². The van der Waals surface area contributed by atoms with Crippen molar-refractivity contribution in [2.75, 3.05) is 6.26 Å². The highest BCUT2D eigenvalue weighted by atomic mass is 35.5. The molecule has 2 aromatic rings. The fourth-order valence-corrected chi connectivity index (χ4v) is 1.80. The van der Waals surface area contributed by atoms with Gasteiger partial charge in [0.2, 0.25) is 5.78 Å². The normalized spacial score (nSPS) is 10.5. The summed E-state index contributed by atoms with van der Waals surface area (Å²) in [5.41, 5.74) is 0.483. The van der Waals surface area contributed by atoms with Crippen LogP contribution in [-0.4, -0.2) is 17.0 Å². The van der Waals surface area contributed by atoms with E-state index in [1.165, 1.54) is 18.0 Å². The molecule has 78 valence electrons. The van der Waals surface area contributed by atoms with Crippen LogP contribution in [0.4, 0.5) is 0 Å². The molecule has 1 N–H and O–H groups in total. The van der Waals surface area contributed by atoms with Gasteiger partial charge in [-0.1, -0.05) is 11.6 Å². The minimum absolute atomic E-state index is 0.172. The van der Waals surface area contributed by atoms with Crippen LogP contribution in [0.25, 0.3) is 0 Å². The number of carbonyl (C=O) groups excluding carboxylic acids is 1. The molecule has 5 heteroatoms. The lowest BCUT2D eigenvalue weighted by atomic mass is 10.2. The van der Waals surface area contributed by atoms with E-state index in [4.69, 9.17) is 16.0 Å². The van der Waals surface area contributed by atoms with Crippen LogP contribution >= 0.6 is 23.4 Å². The highest BCUT2D eigenvalue weighted by molar-refractivity contribution is 7.98. The highest BCUT2D eigenvalue weighted by Crippen LogP contribution is 2.21. The first kappa shape index (κ1) is 10.4. The number of halogens is 1. The van der Waals surface area contributed by atoms with Crippen LogP contribution < -0.4 is 0 Å². The Labute approximate surface area is 95.8 Å². The molecule has 0 aromatic carbocycles. The van der Waals surface area contributed by atoms with E-state index in [1.807, 2.05) is 12.3 Å². The molecular formula is C10H8ClNO2S. The van der Waals surface area contributed by atoms with Crippen LogP contribution in [0.1, 0.15) is 16.2 Å². The molecule has 0 saturated heterocycles. The molecule has 2 heterocycles. The quantitative estimate of drug-likeness (QED) is 0.663. The van der Waals surface area contributed by atoms with Gasteiger partial charge in [-0.3, -0.25) is 4.79 Å². The van der Waals surface area contributed by atoms with Gasteiger partial charge in [0.15, 0.2) is 5.76 Å². The third-order valence-corrected chi connectivity index (χ3v) is 2.92. The highest BCUT2D eigenvalue weighted by Gasteiger charge is 2.17. The van der Waals surface area contributed by atoms with Crippen molar-refractivity contribution >= 4 is 29.1 Å². The first-order valence-electron chi connectivity index (χ1n) is 4.23. The maximum absolute atomic E-state index is 11.8. The third-order valence-electron chi connectivity index (χ3n) is 1.95. The van der Waals surface area contributed by atoms with Gasteiger partial charge in [0, 0.05) is 0 Å². The monoisotopic (exact) mass is 241 g/mol. The Morgan fingerprint density at radius 2 is 2.27 bits per heavy atom. The van der Waals surface area contributed by atoms with Gasteiger partial charge in [-0.25, -0.2) is 0 Å². The van der Waals surface area contributed by atoms with Crippen molar-refractivity contribution in [1.82, 2.24) is 4.98 Å². The third kappa shape index (κ3) is 1.96. The Balaban J connectivity index is 2.32. The van der Waals surface area contributed by atoms with E-state index in [1.54, 1.807) is 12.1 Å². The molecule has 0 fully saturated rings. The smallest absolute Gasteiger partial charge is 0.245 e. The van der Waals surface area contributed by atoms with Gasteiger partial charge in [-0.2, -0.15) is 0 Å². The molecule has 0 radical (unpaired) electrons. The number of aromatic nitrogens is 1. The topological polar surface area (TPSA) is 46.0 Å². The first-order chi connectivity index (χ1) is 7.22. The Bertz CT molecular complexity index is 489. The number of thioether (sulfide) groups is 1. The predicted octanol–water partition coefficient (Wildman–Crippen LogP) is 3.21. The Morgan fingerprint density at radius 3 is 2.80 bits per heavy atom. The summed E-state index contributed by atoms with van der Waals surface area (Å²) in [5.74, 6) is -0.0588. The Kier molecular flexibility index (Phi) is 2.88. The lowest BCUT2D eigenvalue weighted by molar-refractivity contribution is 0.100. The number of aromatic amines is 1. The molecule has 0 aliphatic rings. The second kappa shape index (κ2) is 4.16. The zero-order valence-electron chi connectivity index (χ0n) is 7.91. The van der Waals surface area contributed by atoms with Crippen molar-refractivity contribution in [1.29, 1.82) is 0 Å². The van der Waals surface area contributed by atoms with Crippen molar-refractivity contribution in [3.8, 4) is 0 Å². The molecule has 0 bridgehead atoms. The molecule has 0 aliphatic heterocycles. The van der Waals surface area contributed by atoms with Crippen molar-refractivity contribution in [2.24, 2.45) is 0 Å². The lowest BCUT2D eigenvalue weighted by Crippen LogP contribution is -2.00. The summed E-state index contributed by atoms with van der Waals surface area (Å²) < 4.78 is 5.02. The molecule has 15 heavy (non-hydrogen) atoms. The standard InChI is InChI=1S/C10H8ClNO2S/c1-15-8-3-2-7(12-8)9(13)10-6(11)4-5-14-10/h2-5,12H,1H3. The minimum atomic E-state index is -0.231. The average Bonchev–Trinajstić information content (AvgIpc) is 2.84. The van der Waals surface area contributed by atoms with Gasteiger partial charge in [0.25, 0.3) is 0 Å². The SMILES string of the molecule is CSc1ccc(C(=O)c2occc2Cl)[nH]1. The summed E-state index contributed by atoms with van der Waals surface area (Å²) in [5, 5.41) is 1.27. The summed E-state index contributed by atoms with van der Waals surface area (Å²) in [4.78, 5) is 14.8. The fourth-order valence-electron chi connectivity index (χ4n) is 1.20. The molecular weight excluding hydrogens is 234 g/mol. The molecule has 2 aromatic heterocycles. The second-order valence-corrected chi connectivity index (χ2v) is 4.12. The Hall–Kier alpha value is -1.13. The molecule has 0 spiro atoms. The van der Waals surface area contributed by atoms with E-state index in [9.17, 15) is 4.79 Å². The van der Waals surface area contributed by atoms with Gasteiger partial charge < -0.3 is 9.40 Å². The second-order valence-electron chi connectivity index (χ2n) is 2.87. The van der Waals surface area contributed by atoms with Crippen molar-refractivity contribution < 1.29 is 9.21 Å². The van der Waals surface area contributed by atoms with Crippen molar-refractivity contribution in [3.63, 3.8) is 0 Å². The van der Waals surface area contributed by atoms with Crippen LogP contribution in [-0.2, 0) is 0 Å². The maximum atomic E-state index is 11.8. The number of H-pyrrole nitrogens is 1. The van der Waals surface area contributed by atoms with Crippen LogP contribution in [0.15, 0.2) is 33.9 Å². The number of rotatable bonds is 3. The minimum Gasteiger partial charge on any atom is -0.459 e. The molecule has 0 saturated carbocycles. The largest absolute Gasteiger partial charge is 0.459 e. The molecule has 3 nitrogen and oxygen atoms in total. The van der Waals surface area contributed by atoms with Gasteiger partial charge in [-0.15, -0.1) is 11.8 Å². The van der Waals surface area contributed by atoms with Crippen LogP contribution in [0.2, 0.25) is 5.02 Å². The van der Waals surface area contributed by atoms with Crippen molar-refractivity contribution in [3.05, 3.63) is 40.9 Å². The number of hydrogen-bond acceptors (Lipinski definition) is 3. The Morgan fingerprint density at radius 1 is 1.47 bits per heavy atom. The number of furan rings is 1. The summed E-state index contributed by atoms with van der Waals surface area (Å²) in [6.45, 7) is 0. The molecule has 0 amide bonds. The van der Waals surface area contributed by atoms with E-state index >= 15 is 0 Å².